The molecule has 1 amide bonds. The third-order valence-electron chi connectivity index (χ3n) is 7.56. The lowest BCUT2D eigenvalue weighted by Gasteiger charge is -2.31. The van der Waals surface area contributed by atoms with Crippen LogP contribution < -0.4 is 0 Å². The molecule has 0 aromatic carbocycles. The van der Waals surface area contributed by atoms with Crippen molar-refractivity contribution in [3.8, 4) is 0 Å². The van der Waals surface area contributed by atoms with Crippen LogP contribution in [-0.2, 0) is 20.8 Å². The number of pyridine rings is 1. The van der Waals surface area contributed by atoms with E-state index in [1.54, 1.807) is 6.20 Å². The molecule has 188 valence electrons. The molecule has 2 aromatic rings. The molecule has 7 nitrogen and oxygen atoms in total. The van der Waals surface area contributed by atoms with Crippen LogP contribution in [-0.4, -0.2) is 58.6 Å². The lowest BCUT2D eigenvalue weighted by molar-refractivity contribution is 0.00704. The molecular weight excluding hydrogens is 473 g/mol. The molecule has 0 N–H and O–H groups in total. The highest BCUT2D eigenvalue weighted by Crippen LogP contribution is 2.64. The van der Waals surface area contributed by atoms with Gasteiger partial charge in [0.05, 0.1) is 38.0 Å². The molecule has 6 rings (SSSR count). The van der Waals surface area contributed by atoms with E-state index in [1.807, 2.05) is 37.8 Å². The van der Waals surface area contributed by atoms with Crippen LogP contribution >= 0.6 is 11.6 Å². The maximum atomic E-state index is 15.4. The lowest BCUT2D eigenvalue weighted by atomic mass is 10.0. The van der Waals surface area contributed by atoms with Gasteiger partial charge >= 0.3 is 6.09 Å². The van der Waals surface area contributed by atoms with Crippen LogP contribution in [0.15, 0.2) is 18.3 Å². The smallest absolute Gasteiger partial charge is 0.410 e. The van der Waals surface area contributed by atoms with Crippen molar-refractivity contribution in [3.05, 3.63) is 40.6 Å². The van der Waals surface area contributed by atoms with Gasteiger partial charge in [-0.25, -0.2) is 14.2 Å². The summed E-state index contributed by atoms with van der Waals surface area (Å²) in [5, 5.41) is 0.706. The largest absolute Gasteiger partial charge is 0.444 e. The molecule has 1 saturated heterocycles. The van der Waals surface area contributed by atoms with E-state index in [0.29, 0.717) is 38.5 Å². The Morgan fingerprint density at radius 2 is 1.97 bits per heavy atom. The Kier molecular flexibility index (Phi) is 5.62. The Labute approximate surface area is 209 Å². The number of ether oxygens (including phenoxy) is 3. The summed E-state index contributed by atoms with van der Waals surface area (Å²) in [6.45, 7) is 7.94. The van der Waals surface area contributed by atoms with Gasteiger partial charge < -0.3 is 23.7 Å². The number of carbonyl (C=O) groups excluding carboxylic acids is 1. The minimum atomic E-state index is -0.569. The summed E-state index contributed by atoms with van der Waals surface area (Å²) in [7, 11) is 0. The van der Waals surface area contributed by atoms with E-state index in [1.165, 1.54) is 0 Å². The predicted octanol–water partition coefficient (Wildman–Crippen LogP) is 5.22. The van der Waals surface area contributed by atoms with Gasteiger partial charge in [0.15, 0.2) is 11.0 Å². The van der Waals surface area contributed by atoms with Crippen molar-refractivity contribution in [1.29, 1.82) is 0 Å². The molecule has 0 radical (unpaired) electrons. The number of amides is 1. The maximum absolute atomic E-state index is 15.4. The highest BCUT2D eigenvalue weighted by molar-refractivity contribution is 6.30. The summed E-state index contributed by atoms with van der Waals surface area (Å²) in [6.07, 6.45) is 7.30. The number of fused-ring (bicyclic) bond motifs is 5. The van der Waals surface area contributed by atoms with Crippen LogP contribution in [0, 0.1) is 17.7 Å². The van der Waals surface area contributed by atoms with Gasteiger partial charge in [0.1, 0.15) is 5.60 Å². The average molecular weight is 504 g/mol. The van der Waals surface area contributed by atoms with Crippen LogP contribution in [0.1, 0.15) is 56.8 Å². The van der Waals surface area contributed by atoms with Crippen molar-refractivity contribution in [2.75, 3.05) is 26.4 Å². The van der Waals surface area contributed by atoms with E-state index < -0.39 is 11.4 Å². The van der Waals surface area contributed by atoms with E-state index in [2.05, 4.69) is 9.55 Å². The van der Waals surface area contributed by atoms with Gasteiger partial charge in [0, 0.05) is 29.9 Å². The number of hydrogen-bond donors (Lipinski definition) is 0. The highest BCUT2D eigenvalue weighted by Gasteiger charge is 2.64. The fourth-order valence-electron chi connectivity index (χ4n) is 6.05. The first-order valence-corrected chi connectivity index (χ1v) is 12.8. The minimum absolute atomic E-state index is 0.104. The van der Waals surface area contributed by atoms with Crippen molar-refractivity contribution >= 4 is 28.6 Å². The second kappa shape index (κ2) is 8.46. The molecule has 2 saturated carbocycles. The number of halogens is 2. The average Bonchev–Trinajstić information content (AvgIpc) is 3.68. The van der Waals surface area contributed by atoms with Gasteiger partial charge in [0.2, 0.25) is 0 Å². The first-order chi connectivity index (χ1) is 16.8. The van der Waals surface area contributed by atoms with Crippen molar-refractivity contribution < 1.29 is 23.4 Å². The minimum Gasteiger partial charge on any atom is -0.444 e. The molecule has 9 heteroatoms. The maximum Gasteiger partial charge on any atom is 0.410 e. The van der Waals surface area contributed by atoms with Gasteiger partial charge in [-0.1, -0.05) is 23.8 Å². The molecule has 4 atom stereocenters. The molecule has 3 fully saturated rings. The molecule has 0 spiro atoms. The first kappa shape index (κ1) is 23.3. The zero-order valence-electron chi connectivity index (χ0n) is 20.3. The molecule has 2 aliphatic heterocycles. The second-order valence-electron chi connectivity index (χ2n) is 11.1. The van der Waals surface area contributed by atoms with E-state index in [4.69, 9.17) is 25.8 Å². The number of hydrogen-bond acceptors (Lipinski definition) is 5. The van der Waals surface area contributed by atoms with Crippen LogP contribution in [0.3, 0.4) is 0 Å². The van der Waals surface area contributed by atoms with Crippen molar-refractivity contribution in [3.63, 3.8) is 0 Å². The number of piperidine rings is 1. The normalized spacial score (nSPS) is 29.6. The van der Waals surface area contributed by atoms with Crippen molar-refractivity contribution in [1.82, 2.24) is 14.5 Å². The molecular formula is C26H31ClFN3O4. The number of carbonyl (C=O) groups is 1. The fourth-order valence-corrected chi connectivity index (χ4v) is 6.19. The summed E-state index contributed by atoms with van der Waals surface area (Å²) >= 11 is 6.13. The van der Waals surface area contributed by atoms with Crippen molar-refractivity contribution in [2.45, 2.75) is 63.8 Å². The third kappa shape index (κ3) is 4.03. The Morgan fingerprint density at radius 1 is 1.23 bits per heavy atom. The highest BCUT2D eigenvalue weighted by atomic mass is 35.5. The van der Waals surface area contributed by atoms with E-state index in [0.717, 1.165) is 29.5 Å². The van der Waals surface area contributed by atoms with Gasteiger partial charge in [-0.15, -0.1) is 0 Å². The summed E-state index contributed by atoms with van der Waals surface area (Å²) < 4.78 is 35.2. The van der Waals surface area contributed by atoms with E-state index in [9.17, 15) is 4.79 Å². The molecule has 2 aromatic heterocycles. The topological polar surface area (TPSA) is 65.8 Å². The molecule has 0 unspecified atom stereocenters. The standard InChI is InChI=1S/C26H31ClFN3O4/c1-26(2,3)35-25(32)30-11-16-20-17(30)12-33-8-4-5-9-34-13-18-19(21(16)20)15-10-29-24(27)22(28)23(15)31(18)14-6-7-14/h4-5,10,14,16-17,20-21H,6-9,11-13H2,1-3H3/b5-4+/t16-,17+,20-,21-/m0/s1. The first-order valence-electron chi connectivity index (χ1n) is 12.4. The van der Waals surface area contributed by atoms with Crippen LogP contribution in [0.5, 0.6) is 0 Å². The zero-order chi connectivity index (χ0) is 24.5. The second-order valence-corrected chi connectivity index (χ2v) is 11.4. The predicted molar refractivity (Wildman–Crippen MR) is 129 cm³/mol. The molecule has 4 heterocycles. The number of nitrogens with zero attached hydrogens (tertiary/aromatic N) is 3. The Bertz CT molecular complexity index is 1200. The zero-order valence-corrected chi connectivity index (χ0v) is 21.1. The Hall–Kier alpha value is -2.16. The Morgan fingerprint density at radius 3 is 2.69 bits per heavy atom. The lowest BCUT2D eigenvalue weighted by Crippen LogP contribution is -2.44. The molecule has 35 heavy (non-hydrogen) atoms. The monoisotopic (exact) mass is 503 g/mol. The van der Waals surface area contributed by atoms with Gasteiger partial charge in [-0.3, -0.25) is 0 Å². The summed E-state index contributed by atoms with van der Waals surface area (Å²) in [6, 6.07) is 0.146. The van der Waals surface area contributed by atoms with Crippen LogP contribution in [0.25, 0.3) is 10.9 Å². The van der Waals surface area contributed by atoms with Crippen molar-refractivity contribution in [2.24, 2.45) is 11.8 Å². The van der Waals surface area contributed by atoms with E-state index in [-0.39, 0.29) is 41.1 Å². The van der Waals surface area contributed by atoms with Gasteiger partial charge in [-0.2, -0.15) is 0 Å². The molecule has 2 aliphatic carbocycles. The van der Waals surface area contributed by atoms with Crippen LogP contribution in [0.2, 0.25) is 5.15 Å². The van der Waals surface area contributed by atoms with Crippen LogP contribution in [0.4, 0.5) is 9.18 Å². The third-order valence-corrected chi connectivity index (χ3v) is 7.82. The summed E-state index contributed by atoms with van der Waals surface area (Å²) in [4.78, 5) is 19.0. The van der Waals surface area contributed by atoms with Gasteiger partial charge in [0.25, 0.3) is 0 Å². The summed E-state index contributed by atoms with van der Waals surface area (Å²) in [5.41, 5.74) is 2.08. The Balaban J connectivity index is 1.43. The molecule has 0 bridgehead atoms. The quantitative estimate of drug-likeness (QED) is 0.394. The SMILES string of the molecule is CC(C)(C)OC(=O)N1C[C@@H]2[C@H]3c4c(n(C5CC5)c5c(F)c(Cl)ncc45)COC/C=C/COC[C@@H]1[C@H]23. The van der Waals surface area contributed by atoms with Gasteiger partial charge in [-0.05, 0) is 56.9 Å². The fraction of sp³-hybridized carbons (Fsp3) is 0.615. The van der Waals surface area contributed by atoms with E-state index >= 15 is 4.39 Å². The number of rotatable bonds is 1. The molecule has 4 aliphatic rings. The number of likely N-dealkylation sites (tertiary alicyclic amines) is 1. The summed E-state index contributed by atoms with van der Waals surface area (Å²) in [5.74, 6) is 0.179. The number of aromatic nitrogens is 2.